The van der Waals surface area contributed by atoms with Gasteiger partial charge in [-0.15, -0.1) is 0 Å². The number of benzene rings is 1. The molecule has 0 aliphatic heterocycles. The van der Waals surface area contributed by atoms with Crippen molar-refractivity contribution in [2.24, 2.45) is 7.05 Å². The molecule has 2 N–H and O–H groups in total. The van der Waals surface area contributed by atoms with E-state index in [1.54, 1.807) is 7.05 Å². The number of aryl methyl sites for hydroxylation is 1. The van der Waals surface area contributed by atoms with Gasteiger partial charge in [-0.05, 0) is 18.2 Å². The van der Waals surface area contributed by atoms with Crippen LogP contribution in [-0.4, -0.2) is 20.7 Å². The topological polar surface area (TPSA) is 83.0 Å². The Labute approximate surface area is 102 Å². The average Bonchev–Trinajstić information content (AvgIpc) is 2.75. The average molecular weight is 250 g/mol. The first-order chi connectivity index (χ1) is 8.58. The van der Waals surface area contributed by atoms with E-state index in [4.69, 9.17) is 10.5 Å². The van der Waals surface area contributed by atoms with E-state index in [9.17, 15) is 9.18 Å². The zero-order chi connectivity index (χ0) is 13.1. The molecule has 2 aromatic rings. The second kappa shape index (κ2) is 4.82. The van der Waals surface area contributed by atoms with E-state index in [-0.39, 0.29) is 12.2 Å². The molecule has 0 spiro atoms. The molecule has 0 aliphatic carbocycles. The molecule has 0 unspecified atom stereocenters. The van der Waals surface area contributed by atoms with Crippen molar-refractivity contribution in [1.82, 2.24) is 14.8 Å². The number of hydrogen-bond donors (Lipinski definition) is 1. The van der Waals surface area contributed by atoms with Crippen LogP contribution >= 0.6 is 0 Å². The molecule has 1 aromatic carbocycles. The monoisotopic (exact) mass is 250 g/mol. The number of nitrogen functional groups attached to an aromatic ring is 1. The van der Waals surface area contributed by atoms with Gasteiger partial charge in [0.2, 0.25) is 0 Å². The number of hydrogen-bond acceptors (Lipinski definition) is 5. The van der Waals surface area contributed by atoms with E-state index in [0.29, 0.717) is 11.5 Å². The van der Waals surface area contributed by atoms with Crippen LogP contribution < -0.4 is 5.73 Å². The molecule has 6 nitrogen and oxygen atoms in total. The van der Waals surface area contributed by atoms with Crippen molar-refractivity contribution in [3.05, 3.63) is 41.7 Å². The van der Waals surface area contributed by atoms with Crippen molar-refractivity contribution in [3.63, 3.8) is 0 Å². The van der Waals surface area contributed by atoms with E-state index < -0.39 is 11.8 Å². The van der Waals surface area contributed by atoms with Crippen LogP contribution in [-0.2, 0) is 18.4 Å². The van der Waals surface area contributed by atoms with Crippen molar-refractivity contribution in [3.8, 4) is 0 Å². The predicted molar refractivity (Wildman–Crippen MR) is 60.9 cm³/mol. The lowest BCUT2D eigenvalue weighted by molar-refractivity contribution is 0.0453. The van der Waals surface area contributed by atoms with Crippen LogP contribution in [0.25, 0.3) is 0 Å². The summed E-state index contributed by atoms with van der Waals surface area (Å²) in [6.45, 7) is -0.0798. The number of ether oxygens (including phenoxy) is 1. The van der Waals surface area contributed by atoms with Gasteiger partial charge in [0.15, 0.2) is 12.4 Å². The molecule has 0 radical (unpaired) electrons. The molecule has 2 rings (SSSR count). The Morgan fingerprint density at radius 2 is 2.33 bits per heavy atom. The zero-order valence-corrected chi connectivity index (χ0v) is 9.63. The van der Waals surface area contributed by atoms with Crippen LogP contribution in [0.2, 0.25) is 0 Å². The highest BCUT2D eigenvalue weighted by atomic mass is 19.1. The van der Waals surface area contributed by atoms with Crippen LogP contribution in [0.4, 0.5) is 10.1 Å². The summed E-state index contributed by atoms with van der Waals surface area (Å²) < 4.78 is 19.8. The third kappa shape index (κ3) is 2.45. The molecule has 18 heavy (non-hydrogen) atoms. The predicted octanol–water partition coefficient (Wildman–Crippen LogP) is 0.893. The summed E-state index contributed by atoms with van der Waals surface area (Å²) in [5.74, 6) is -0.998. The number of nitrogens with zero attached hydrogens (tertiary/aromatic N) is 3. The number of rotatable bonds is 3. The van der Waals surface area contributed by atoms with E-state index in [0.717, 1.165) is 6.07 Å². The molecule has 1 heterocycles. The van der Waals surface area contributed by atoms with Gasteiger partial charge in [-0.1, -0.05) is 0 Å². The number of aromatic nitrogens is 3. The smallest absolute Gasteiger partial charge is 0.341 e. The maximum absolute atomic E-state index is 13.4. The fourth-order valence-electron chi connectivity index (χ4n) is 1.36. The lowest BCUT2D eigenvalue weighted by Gasteiger charge is -2.05. The minimum Gasteiger partial charge on any atom is -0.454 e. The minimum atomic E-state index is -0.789. The van der Waals surface area contributed by atoms with Gasteiger partial charge in [0.25, 0.3) is 0 Å². The van der Waals surface area contributed by atoms with Crippen molar-refractivity contribution < 1.29 is 13.9 Å². The maximum atomic E-state index is 13.4. The fraction of sp³-hybridized carbons (Fsp3) is 0.182. The molecule has 94 valence electrons. The molecule has 0 atom stereocenters. The van der Waals surface area contributed by atoms with Crippen molar-refractivity contribution in [1.29, 1.82) is 0 Å². The molecule has 0 fully saturated rings. The number of halogens is 1. The summed E-state index contributed by atoms with van der Waals surface area (Å²) in [6.07, 6.45) is 1.34. The highest BCUT2D eigenvalue weighted by Crippen LogP contribution is 2.13. The second-order valence-corrected chi connectivity index (χ2v) is 3.62. The number of anilines is 1. The summed E-state index contributed by atoms with van der Waals surface area (Å²) in [5, 5.41) is 3.82. The molecular formula is C11H11FN4O2. The van der Waals surface area contributed by atoms with Crippen LogP contribution in [0.3, 0.4) is 0 Å². The van der Waals surface area contributed by atoms with Crippen LogP contribution in [0.15, 0.2) is 24.5 Å². The highest BCUT2D eigenvalue weighted by Gasteiger charge is 2.14. The Bertz CT molecular complexity index is 582. The maximum Gasteiger partial charge on any atom is 0.341 e. The van der Waals surface area contributed by atoms with Crippen molar-refractivity contribution >= 4 is 11.7 Å². The summed E-state index contributed by atoms with van der Waals surface area (Å²) in [4.78, 5) is 15.5. The fourth-order valence-corrected chi connectivity index (χ4v) is 1.36. The molecule has 0 saturated carbocycles. The molecule has 0 aliphatic rings. The molecule has 7 heteroatoms. The number of esters is 1. The van der Waals surface area contributed by atoms with Gasteiger partial charge in [-0.3, -0.25) is 4.68 Å². The quantitative estimate of drug-likeness (QED) is 0.646. The van der Waals surface area contributed by atoms with E-state index in [1.807, 2.05) is 0 Å². The van der Waals surface area contributed by atoms with Gasteiger partial charge in [-0.2, -0.15) is 5.10 Å². The first kappa shape index (κ1) is 12.0. The Kier molecular flexibility index (Phi) is 3.22. The second-order valence-electron chi connectivity index (χ2n) is 3.62. The summed E-state index contributed by atoms with van der Waals surface area (Å²) in [6, 6.07) is 3.72. The number of carbonyl (C=O) groups excluding carboxylic acids is 1. The first-order valence-electron chi connectivity index (χ1n) is 5.13. The lowest BCUT2D eigenvalue weighted by Crippen LogP contribution is -2.10. The van der Waals surface area contributed by atoms with Crippen LogP contribution in [0.1, 0.15) is 16.2 Å². The normalized spacial score (nSPS) is 10.3. The number of carbonyl (C=O) groups is 1. The molecule has 1 aromatic heterocycles. The van der Waals surface area contributed by atoms with Gasteiger partial charge in [0.1, 0.15) is 12.1 Å². The van der Waals surface area contributed by atoms with E-state index in [1.165, 1.54) is 23.1 Å². The first-order valence-corrected chi connectivity index (χ1v) is 5.13. The van der Waals surface area contributed by atoms with E-state index >= 15 is 0 Å². The molecule has 0 bridgehead atoms. The summed E-state index contributed by atoms with van der Waals surface area (Å²) in [5.41, 5.74) is 5.58. The zero-order valence-electron chi connectivity index (χ0n) is 9.63. The van der Waals surface area contributed by atoms with E-state index in [2.05, 4.69) is 10.1 Å². The summed E-state index contributed by atoms with van der Waals surface area (Å²) >= 11 is 0. The summed E-state index contributed by atoms with van der Waals surface area (Å²) in [7, 11) is 1.66. The molecule has 0 saturated heterocycles. The van der Waals surface area contributed by atoms with Gasteiger partial charge in [0.05, 0.1) is 5.56 Å². The van der Waals surface area contributed by atoms with Gasteiger partial charge >= 0.3 is 5.97 Å². The Morgan fingerprint density at radius 1 is 1.56 bits per heavy atom. The standard InChI is InChI=1S/C11H11FN4O2/c1-16-10(14-6-15-16)5-18-11(17)8-4-7(13)2-3-9(8)12/h2-4,6H,5,13H2,1H3. The lowest BCUT2D eigenvalue weighted by atomic mass is 10.2. The van der Waals surface area contributed by atoms with Crippen LogP contribution in [0, 0.1) is 5.82 Å². The van der Waals surface area contributed by atoms with Gasteiger partial charge in [-0.25, -0.2) is 14.2 Å². The SMILES string of the molecule is Cn1ncnc1COC(=O)c1cc(N)ccc1F. The van der Waals surface area contributed by atoms with Gasteiger partial charge < -0.3 is 10.5 Å². The van der Waals surface area contributed by atoms with Crippen molar-refractivity contribution in [2.45, 2.75) is 6.61 Å². The Morgan fingerprint density at radius 3 is 3.00 bits per heavy atom. The van der Waals surface area contributed by atoms with Crippen molar-refractivity contribution in [2.75, 3.05) is 5.73 Å². The third-order valence-corrected chi connectivity index (χ3v) is 2.35. The Hall–Kier alpha value is -2.44. The third-order valence-electron chi connectivity index (χ3n) is 2.35. The molecular weight excluding hydrogens is 239 g/mol. The Balaban J connectivity index is 2.08. The molecule has 0 amide bonds. The largest absolute Gasteiger partial charge is 0.454 e. The van der Waals surface area contributed by atoms with Gasteiger partial charge in [0, 0.05) is 12.7 Å². The highest BCUT2D eigenvalue weighted by molar-refractivity contribution is 5.90. The van der Waals surface area contributed by atoms with Crippen LogP contribution in [0.5, 0.6) is 0 Å². The minimum absolute atomic E-state index is 0.0798. The number of nitrogens with two attached hydrogens (primary N) is 1.